The quantitative estimate of drug-likeness (QED) is 0.358. The van der Waals surface area contributed by atoms with Gasteiger partial charge in [-0.25, -0.2) is 4.79 Å². The molecule has 0 radical (unpaired) electrons. The normalized spacial score (nSPS) is 12.8. The Hall–Kier alpha value is -3.79. The van der Waals surface area contributed by atoms with Crippen molar-refractivity contribution in [3.05, 3.63) is 64.7 Å². The van der Waals surface area contributed by atoms with E-state index in [9.17, 15) is 14.4 Å². The topological polar surface area (TPSA) is 87.7 Å². The number of alkyl carbamates (subject to hydrolysis) is 1. The van der Waals surface area contributed by atoms with Crippen LogP contribution >= 0.6 is 0 Å². The first-order valence-electron chi connectivity index (χ1n) is 12.5. The van der Waals surface area contributed by atoms with Crippen LogP contribution in [0.25, 0.3) is 0 Å². The largest absolute Gasteiger partial charge is 0.444 e. The van der Waals surface area contributed by atoms with Gasteiger partial charge in [0.1, 0.15) is 17.7 Å². The minimum Gasteiger partial charge on any atom is -0.444 e. The summed E-state index contributed by atoms with van der Waals surface area (Å²) in [4.78, 5) is 41.3. The number of carbonyl (C=O) groups excluding carboxylic acids is 3. The molecule has 2 aromatic carbocycles. The van der Waals surface area contributed by atoms with Crippen molar-refractivity contribution in [1.82, 2.24) is 10.2 Å². The van der Waals surface area contributed by atoms with E-state index in [-0.39, 0.29) is 5.92 Å². The predicted octanol–water partition coefficient (Wildman–Crippen LogP) is 5.65. The Morgan fingerprint density at radius 1 is 0.973 bits per heavy atom. The van der Waals surface area contributed by atoms with Gasteiger partial charge < -0.3 is 15.4 Å². The number of amides is 3. The molecular weight excluding hydrogens is 466 g/mol. The number of nitrogens with one attached hydrogen (secondary N) is 2. The fraction of sp³-hybridized carbons (Fsp3) is 0.433. The van der Waals surface area contributed by atoms with Crippen molar-refractivity contribution >= 4 is 23.6 Å². The number of benzene rings is 2. The maximum atomic E-state index is 13.9. The molecular formula is C30H39N3O4. The number of hydrogen-bond acceptors (Lipinski definition) is 4. The molecule has 2 rings (SSSR count). The second kappa shape index (κ2) is 12.4. The Morgan fingerprint density at radius 2 is 1.54 bits per heavy atom. The number of aryl methyl sites for hydroxylation is 3. The van der Waals surface area contributed by atoms with Crippen LogP contribution in [0, 0.1) is 39.2 Å². The van der Waals surface area contributed by atoms with Crippen molar-refractivity contribution in [1.29, 1.82) is 0 Å². The van der Waals surface area contributed by atoms with Crippen molar-refractivity contribution in [3.63, 3.8) is 0 Å². The fourth-order valence-electron chi connectivity index (χ4n) is 4.07. The third-order valence-electron chi connectivity index (χ3n) is 5.79. The van der Waals surface area contributed by atoms with E-state index in [1.54, 1.807) is 32.9 Å². The summed E-state index contributed by atoms with van der Waals surface area (Å²) in [5.74, 6) is -0.950. The summed E-state index contributed by atoms with van der Waals surface area (Å²) < 4.78 is 5.38. The second-order valence-electron chi connectivity index (χ2n) is 10.7. The molecule has 0 saturated carbocycles. The zero-order valence-corrected chi connectivity index (χ0v) is 23.1. The van der Waals surface area contributed by atoms with Gasteiger partial charge in [0.05, 0.1) is 0 Å². The molecule has 7 heteroatoms. The zero-order valence-electron chi connectivity index (χ0n) is 23.1. The van der Waals surface area contributed by atoms with Crippen molar-refractivity contribution in [2.75, 3.05) is 5.32 Å². The molecule has 198 valence electrons. The van der Waals surface area contributed by atoms with Crippen LogP contribution in [0.3, 0.4) is 0 Å². The third-order valence-corrected chi connectivity index (χ3v) is 5.79. The maximum Gasteiger partial charge on any atom is 0.408 e. The molecule has 0 bridgehead atoms. The van der Waals surface area contributed by atoms with E-state index in [0.717, 1.165) is 21.6 Å². The lowest BCUT2D eigenvalue weighted by atomic mass is 9.96. The monoisotopic (exact) mass is 505 g/mol. The minimum atomic E-state index is -1.12. The average Bonchev–Trinajstić information content (AvgIpc) is 2.78. The molecule has 3 amide bonds. The number of terminal acetylenes is 1. The van der Waals surface area contributed by atoms with E-state index in [0.29, 0.717) is 17.7 Å². The van der Waals surface area contributed by atoms with E-state index in [4.69, 9.17) is 11.2 Å². The van der Waals surface area contributed by atoms with Crippen molar-refractivity contribution in [2.45, 2.75) is 79.5 Å². The Bertz CT molecular complexity index is 1150. The Morgan fingerprint density at radius 3 is 2.05 bits per heavy atom. The van der Waals surface area contributed by atoms with Gasteiger partial charge in [-0.15, -0.1) is 0 Å². The third kappa shape index (κ3) is 8.11. The summed E-state index contributed by atoms with van der Waals surface area (Å²) in [6.45, 7) is 14.8. The van der Waals surface area contributed by atoms with Gasteiger partial charge in [0.15, 0.2) is 0 Å². The SMILES string of the molecule is C#CN(C(=O)C(CC(C)C)NC(=O)OC(C)(C)C)C(C(=O)Nc1c(C)cccc1C)c1ccccc1C. The standard InChI is InChI=1S/C30H39N3O4/c1-10-33(28(35)24(18-19(2)3)31-29(36)37-30(7,8)9)26(23-17-12-11-14-20(23)4)27(34)32-25-21(5)15-13-16-22(25)6/h1,11-17,19,24,26H,18H2,2-9H3,(H,31,36)(H,32,34). The number of anilines is 1. The molecule has 0 aliphatic carbocycles. The highest BCUT2D eigenvalue weighted by molar-refractivity contribution is 6.00. The molecule has 37 heavy (non-hydrogen) atoms. The first-order valence-corrected chi connectivity index (χ1v) is 12.5. The van der Waals surface area contributed by atoms with Gasteiger partial charge in [0.25, 0.3) is 11.8 Å². The maximum absolute atomic E-state index is 13.9. The van der Waals surface area contributed by atoms with Crippen LogP contribution in [-0.4, -0.2) is 34.5 Å². The lowest BCUT2D eigenvalue weighted by molar-refractivity contribution is -0.137. The van der Waals surface area contributed by atoms with Crippen LogP contribution in [0.15, 0.2) is 42.5 Å². The van der Waals surface area contributed by atoms with Gasteiger partial charge >= 0.3 is 6.09 Å². The summed E-state index contributed by atoms with van der Waals surface area (Å²) >= 11 is 0. The minimum absolute atomic E-state index is 0.0591. The van der Waals surface area contributed by atoms with E-state index in [2.05, 4.69) is 16.7 Å². The summed E-state index contributed by atoms with van der Waals surface area (Å²) in [6.07, 6.45) is 5.47. The fourth-order valence-corrected chi connectivity index (χ4v) is 4.07. The molecule has 2 unspecified atom stereocenters. The van der Waals surface area contributed by atoms with Gasteiger partial charge in [-0.05, 0) is 76.1 Å². The second-order valence-corrected chi connectivity index (χ2v) is 10.7. The first kappa shape index (κ1) is 29.4. The lowest BCUT2D eigenvalue weighted by Crippen LogP contribution is -2.51. The molecule has 0 fully saturated rings. The molecule has 0 spiro atoms. The highest BCUT2D eigenvalue weighted by Crippen LogP contribution is 2.29. The van der Waals surface area contributed by atoms with Crippen LogP contribution in [0.5, 0.6) is 0 Å². The number of rotatable bonds is 8. The number of para-hydroxylation sites is 1. The van der Waals surface area contributed by atoms with Crippen molar-refractivity contribution in [3.8, 4) is 12.5 Å². The summed E-state index contributed by atoms with van der Waals surface area (Å²) in [6, 6.07) is 13.3. The zero-order chi connectivity index (χ0) is 27.9. The molecule has 0 aliphatic rings. The molecule has 0 aliphatic heterocycles. The van der Waals surface area contributed by atoms with Gasteiger partial charge in [0.2, 0.25) is 0 Å². The van der Waals surface area contributed by atoms with Crippen LogP contribution < -0.4 is 10.6 Å². The number of nitrogens with zero attached hydrogens (tertiary/aromatic N) is 1. The number of hydrogen-bond donors (Lipinski definition) is 2. The molecule has 0 aromatic heterocycles. The van der Waals surface area contributed by atoms with Crippen molar-refractivity contribution < 1.29 is 19.1 Å². The number of ether oxygens (including phenoxy) is 1. The first-order chi connectivity index (χ1) is 17.2. The van der Waals surface area contributed by atoms with E-state index < -0.39 is 35.6 Å². The Kier molecular flexibility index (Phi) is 9.90. The molecule has 2 N–H and O–H groups in total. The highest BCUT2D eigenvalue weighted by Gasteiger charge is 2.37. The summed E-state index contributed by atoms with van der Waals surface area (Å²) in [5.41, 5.74) is 3.10. The molecule has 2 atom stereocenters. The molecule has 0 saturated heterocycles. The smallest absolute Gasteiger partial charge is 0.408 e. The van der Waals surface area contributed by atoms with Crippen LogP contribution in [0.4, 0.5) is 10.5 Å². The predicted molar refractivity (Wildman–Crippen MR) is 147 cm³/mol. The van der Waals surface area contributed by atoms with Crippen LogP contribution in [0.1, 0.15) is 69.3 Å². The van der Waals surface area contributed by atoms with Crippen molar-refractivity contribution in [2.24, 2.45) is 5.92 Å². The average molecular weight is 506 g/mol. The van der Waals surface area contributed by atoms with Gasteiger partial charge in [0, 0.05) is 11.7 Å². The lowest BCUT2D eigenvalue weighted by Gasteiger charge is -2.31. The van der Waals surface area contributed by atoms with Gasteiger partial charge in [-0.3, -0.25) is 14.5 Å². The summed E-state index contributed by atoms with van der Waals surface area (Å²) in [7, 11) is 0. The molecule has 0 heterocycles. The Labute approximate surface area is 221 Å². The van der Waals surface area contributed by atoms with E-state index in [1.807, 2.05) is 65.0 Å². The van der Waals surface area contributed by atoms with Gasteiger partial charge in [-0.2, -0.15) is 0 Å². The van der Waals surface area contributed by atoms with Crippen LogP contribution in [0.2, 0.25) is 0 Å². The van der Waals surface area contributed by atoms with E-state index in [1.165, 1.54) is 0 Å². The number of carbonyl (C=O) groups is 3. The molecule has 2 aromatic rings. The van der Waals surface area contributed by atoms with E-state index >= 15 is 0 Å². The van der Waals surface area contributed by atoms with Gasteiger partial charge in [-0.1, -0.05) is 62.7 Å². The highest BCUT2D eigenvalue weighted by atomic mass is 16.6. The molecule has 7 nitrogen and oxygen atoms in total. The summed E-state index contributed by atoms with van der Waals surface area (Å²) in [5, 5.41) is 5.65. The Balaban J connectivity index is 2.52. The van der Waals surface area contributed by atoms with Crippen LogP contribution in [-0.2, 0) is 14.3 Å².